The molecular formula is C17H13BrClN3O. The van der Waals surface area contributed by atoms with Gasteiger partial charge in [0.2, 0.25) is 0 Å². The predicted molar refractivity (Wildman–Crippen MR) is 98.9 cm³/mol. The molecule has 116 valence electrons. The Bertz CT molecular complexity index is 913. The fourth-order valence-electron chi connectivity index (χ4n) is 2.39. The molecule has 0 radical (unpaired) electrons. The fourth-order valence-corrected chi connectivity index (χ4v) is 2.88. The molecule has 0 aliphatic carbocycles. The van der Waals surface area contributed by atoms with Crippen molar-refractivity contribution in [2.75, 3.05) is 0 Å². The Labute approximate surface area is 146 Å². The Hall–Kier alpha value is -2.24. The minimum Gasteiger partial charge on any atom is -0.409 e. The van der Waals surface area contributed by atoms with Crippen molar-refractivity contribution in [3.8, 4) is 0 Å². The smallest absolute Gasteiger partial charge is 0.172 e. The van der Waals surface area contributed by atoms with Crippen LogP contribution in [-0.2, 0) is 0 Å². The van der Waals surface area contributed by atoms with E-state index in [4.69, 9.17) is 22.5 Å². The summed E-state index contributed by atoms with van der Waals surface area (Å²) in [5.74, 6) is 0.0642. The highest BCUT2D eigenvalue weighted by molar-refractivity contribution is 9.10. The largest absolute Gasteiger partial charge is 0.409 e. The van der Waals surface area contributed by atoms with Gasteiger partial charge in [0.15, 0.2) is 5.84 Å². The van der Waals surface area contributed by atoms with Crippen LogP contribution in [0.5, 0.6) is 0 Å². The molecule has 3 rings (SSSR count). The standard InChI is InChI=1S/C17H13BrClN3O/c18-11-4-7-13-15(9-11)21-14(16(13)17(20)22-23)8-3-10-1-5-12(19)6-2-10/h1-9,21,23H,(H2,20,22)/b8-3+. The molecule has 0 saturated heterocycles. The number of aromatic amines is 1. The number of nitrogens with one attached hydrogen (secondary N) is 1. The Morgan fingerprint density at radius 1 is 1.17 bits per heavy atom. The van der Waals surface area contributed by atoms with E-state index < -0.39 is 0 Å². The van der Waals surface area contributed by atoms with E-state index in [0.717, 1.165) is 26.6 Å². The Morgan fingerprint density at radius 3 is 2.61 bits per heavy atom. The highest BCUT2D eigenvalue weighted by Crippen LogP contribution is 2.27. The van der Waals surface area contributed by atoms with Crippen LogP contribution in [0, 0.1) is 0 Å². The van der Waals surface area contributed by atoms with Gasteiger partial charge in [-0.25, -0.2) is 0 Å². The summed E-state index contributed by atoms with van der Waals surface area (Å²) in [6.45, 7) is 0. The number of aromatic nitrogens is 1. The van der Waals surface area contributed by atoms with E-state index in [0.29, 0.717) is 10.6 Å². The second-order valence-corrected chi connectivity index (χ2v) is 6.33. The average molecular weight is 391 g/mol. The third-order valence-electron chi connectivity index (χ3n) is 3.47. The summed E-state index contributed by atoms with van der Waals surface area (Å²) < 4.78 is 0.950. The number of fused-ring (bicyclic) bond motifs is 1. The fraction of sp³-hybridized carbons (Fsp3) is 0. The molecule has 23 heavy (non-hydrogen) atoms. The Kier molecular flexibility index (Phi) is 4.41. The third kappa shape index (κ3) is 3.25. The first-order valence-corrected chi connectivity index (χ1v) is 7.98. The van der Waals surface area contributed by atoms with Gasteiger partial charge in [-0.05, 0) is 35.9 Å². The van der Waals surface area contributed by atoms with Gasteiger partial charge in [0.05, 0.1) is 11.3 Å². The van der Waals surface area contributed by atoms with Crippen LogP contribution >= 0.6 is 27.5 Å². The van der Waals surface area contributed by atoms with Crippen molar-refractivity contribution in [3.63, 3.8) is 0 Å². The van der Waals surface area contributed by atoms with Gasteiger partial charge in [-0.15, -0.1) is 0 Å². The molecule has 3 aromatic rings. The van der Waals surface area contributed by atoms with Crippen LogP contribution < -0.4 is 5.73 Å². The molecule has 0 aliphatic heterocycles. The van der Waals surface area contributed by atoms with Gasteiger partial charge >= 0.3 is 0 Å². The van der Waals surface area contributed by atoms with E-state index in [1.807, 2.05) is 54.6 Å². The van der Waals surface area contributed by atoms with E-state index in [2.05, 4.69) is 26.1 Å². The van der Waals surface area contributed by atoms with E-state index >= 15 is 0 Å². The van der Waals surface area contributed by atoms with Crippen molar-refractivity contribution in [1.82, 2.24) is 4.98 Å². The zero-order valence-corrected chi connectivity index (χ0v) is 14.3. The molecule has 4 nitrogen and oxygen atoms in total. The molecule has 0 atom stereocenters. The molecule has 1 heterocycles. The maximum atomic E-state index is 9.06. The summed E-state index contributed by atoms with van der Waals surface area (Å²) in [4.78, 5) is 3.29. The lowest BCUT2D eigenvalue weighted by Gasteiger charge is -1.99. The third-order valence-corrected chi connectivity index (χ3v) is 4.21. The number of amidine groups is 1. The molecule has 0 amide bonds. The second-order valence-electron chi connectivity index (χ2n) is 4.97. The number of rotatable bonds is 3. The van der Waals surface area contributed by atoms with Crippen molar-refractivity contribution >= 4 is 56.4 Å². The van der Waals surface area contributed by atoms with Gasteiger partial charge in [0, 0.05) is 20.4 Å². The van der Waals surface area contributed by atoms with Gasteiger partial charge < -0.3 is 15.9 Å². The number of halogens is 2. The molecule has 0 spiro atoms. The van der Waals surface area contributed by atoms with Crippen LogP contribution in [0.25, 0.3) is 23.1 Å². The normalized spacial score (nSPS) is 12.3. The Balaban J connectivity index is 2.10. The number of benzene rings is 2. The molecular weight excluding hydrogens is 378 g/mol. The average Bonchev–Trinajstić information content (AvgIpc) is 2.91. The summed E-state index contributed by atoms with van der Waals surface area (Å²) in [5.41, 5.74) is 9.18. The highest BCUT2D eigenvalue weighted by Gasteiger charge is 2.13. The van der Waals surface area contributed by atoms with Gasteiger partial charge in [-0.3, -0.25) is 0 Å². The van der Waals surface area contributed by atoms with Crippen molar-refractivity contribution in [2.24, 2.45) is 10.9 Å². The number of nitrogens with two attached hydrogens (primary N) is 1. The molecule has 0 unspecified atom stereocenters. The maximum Gasteiger partial charge on any atom is 0.172 e. The van der Waals surface area contributed by atoms with E-state index in [-0.39, 0.29) is 5.84 Å². The lowest BCUT2D eigenvalue weighted by molar-refractivity contribution is 0.318. The summed E-state index contributed by atoms with van der Waals surface area (Å²) >= 11 is 9.33. The van der Waals surface area contributed by atoms with E-state index in [1.165, 1.54) is 0 Å². The lowest BCUT2D eigenvalue weighted by atomic mass is 10.1. The van der Waals surface area contributed by atoms with Gasteiger partial charge in [-0.1, -0.05) is 57.0 Å². The van der Waals surface area contributed by atoms with Crippen molar-refractivity contribution < 1.29 is 5.21 Å². The van der Waals surface area contributed by atoms with Gasteiger partial charge in [0.25, 0.3) is 0 Å². The van der Waals surface area contributed by atoms with Crippen LogP contribution in [0.3, 0.4) is 0 Å². The second kappa shape index (κ2) is 6.48. The van der Waals surface area contributed by atoms with Gasteiger partial charge in [-0.2, -0.15) is 0 Å². The SMILES string of the molecule is N/C(=N\O)c1c(/C=C/c2ccc(Cl)cc2)[nH]c2cc(Br)ccc12. The number of oxime groups is 1. The Morgan fingerprint density at radius 2 is 1.91 bits per heavy atom. The number of hydrogen-bond acceptors (Lipinski definition) is 2. The minimum atomic E-state index is 0.0642. The van der Waals surface area contributed by atoms with E-state index in [9.17, 15) is 0 Å². The monoisotopic (exact) mass is 389 g/mol. The lowest BCUT2D eigenvalue weighted by Crippen LogP contribution is -2.13. The quantitative estimate of drug-likeness (QED) is 0.259. The number of H-pyrrole nitrogens is 1. The summed E-state index contributed by atoms with van der Waals surface area (Å²) in [7, 11) is 0. The number of nitrogens with zero attached hydrogens (tertiary/aromatic N) is 1. The predicted octanol–water partition coefficient (Wildman–Crippen LogP) is 4.85. The molecule has 0 fully saturated rings. The zero-order valence-electron chi connectivity index (χ0n) is 11.9. The molecule has 0 saturated carbocycles. The first-order chi connectivity index (χ1) is 11.1. The molecule has 4 N–H and O–H groups in total. The van der Waals surface area contributed by atoms with Crippen molar-refractivity contribution in [3.05, 3.63) is 68.8 Å². The maximum absolute atomic E-state index is 9.06. The summed E-state index contributed by atoms with van der Waals surface area (Å²) in [5, 5.41) is 13.8. The molecule has 0 bridgehead atoms. The first-order valence-electron chi connectivity index (χ1n) is 6.81. The molecule has 1 aromatic heterocycles. The van der Waals surface area contributed by atoms with Crippen molar-refractivity contribution in [2.45, 2.75) is 0 Å². The zero-order chi connectivity index (χ0) is 16.4. The molecule has 6 heteroatoms. The van der Waals surface area contributed by atoms with Crippen LogP contribution in [0.1, 0.15) is 16.8 Å². The summed E-state index contributed by atoms with van der Waals surface area (Å²) in [6, 6.07) is 13.3. The summed E-state index contributed by atoms with van der Waals surface area (Å²) in [6.07, 6.45) is 3.83. The van der Waals surface area contributed by atoms with Gasteiger partial charge in [0.1, 0.15) is 0 Å². The minimum absolute atomic E-state index is 0.0642. The van der Waals surface area contributed by atoms with Crippen LogP contribution in [-0.4, -0.2) is 16.0 Å². The highest BCUT2D eigenvalue weighted by atomic mass is 79.9. The van der Waals surface area contributed by atoms with E-state index in [1.54, 1.807) is 0 Å². The van der Waals surface area contributed by atoms with Crippen LogP contribution in [0.4, 0.5) is 0 Å². The number of hydrogen-bond donors (Lipinski definition) is 3. The van der Waals surface area contributed by atoms with Crippen LogP contribution in [0.15, 0.2) is 52.1 Å². The topological polar surface area (TPSA) is 74.4 Å². The molecule has 2 aromatic carbocycles. The van der Waals surface area contributed by atoms with Crippen molar-refractivity contribution in [1.29, 1.82) is 0 Å². The first kappa shape index (κ1) is 15.6. The molecule has 0 aliphatic rings. The van der Waals surface area contributed by atoms with Crippen LogP contribution in [0.2, 0.25) is 5.02 Å².